The van der Waals surface area contributed by atoms with Crippen LogP contribution in [0.2, 0.25) is 0 Å². The fraction of sp³-hybridized carbons (Fsp3) is 0.500. The second kappa shape index (κ2) is 5.64. The Hall–Kier alpha value is -0.380. The Kier molecular flexibility index (Phi) is 4.77. The topological polar surface area (TPSA) is 32.3 Å². The lowest BCUT2D eigenvalue weighted by atomic mass is 10.0. The van der Waals surface area contributed by atoms with Crippen LogP contribution in [0, 0.1) is 6.92 Å². The van der Waals surface area contributed by atoms with Crippen molar-refractivity contribution in [3.8, 4) is 0 Å². The zero-order valence-corrected chi connectivity index (χ0v) is 11.0. The smallest absolute Gasteiger partial charge is 0.0940 e. The maximum Gasteiger partial charge on any atom is 0.0940 e. The molecule has 0 saturated heterocycles. The average molecular weight is 272 g/mol. The Morgan fingerprint density at radius 3 is 2.67 bits per heavy atom. The van der Waals surface area contributed by atoms with Gasteiger partial charge in [-0.1, -0.05) is 35.0 Å². The van der Waals surface area contributed by atoms with E-state index in [1.807, 2.05) is 39.0 Å². The van der Waals surface area contributed by atoms with Crippen molar-refractivity contribution in [2.24, 2.45) is 0 Å². The molecule has 0 bridgehead atoms. The van der Waals surface area contributed by atoms with Crippen LogP contribution in [0.15, 0.2) is 22.7 Å². The SMILES string of the molecule is CCNC(C)C(O)c1ccc(Br)c(C)c1. The van der Waals surface area contributed by atoms with E-state index in [0.717, 1.165) is 22.1 Å². The van der Waals surface area contributed by atoms with Gasteiger partial charge in [-0.3, -0.25) is 0 Å². The molecule has 0 amide bonds. The molecular formula is C12H18BrNO. The number of benzene rings is 1. The van der Waals surface area contributed by atoms with Crippen molar-refractivity contribution >= 4 is 15.9 Å². The van der Waals surface area contributed by atoms with Gasteiger partial charge in [0.2, 0.25) is 0 Å². The van der Waals surface area contributed by atoms with Gasteiger partial charge in [0.05, 0.1) is 6.10 Å². The number of hydrogen-bond donors (Lipinski definition) is 2. The Morgan fingerprint density at radius 2 is 2.13 bits per heavy atom. The van der Waals surface area contributed by atoms with E-state index in [9.17, 15) is 5.11 Å². The third-order valence-electron chi connectivity index (χ3n) is 2.52. The Bertz CT molecular complexity index is 327. The van der Waals surface area contributed by atoms with Gasteiger partial charge in [0, 0.05) is 10.5 Å². The number of nitrogens with one attached hydrogen (secondary N) is 1. The van der Waals surface area contributed by atoms with Crippen LogP contribution in [-0.2, 0) is 0 Å². The van der Waals surface area contributed by atoms with Crippen molar-refractivity contribution in [1.82, 2.24) is 5.32 Å². The minimum Gasteiger partial charge on any atom is -0.387 e. The summed E-state index contributed by atoms with van der Waals surface area (Å²) in [5, 5.41) is 13.3. The average Bonchev–Trinajstić information content (AvgIpc) is 2.21. The van der Waals surface area contributed by atoms with Crippen LogP contribution in [0.4, 0.5) is 0 Å². The summed E-state index contributed by atoms with van der Waals surface area (Å²) in [7, 11) is 0. The van der Waals surface area contributed by atoms with Gasteiger partial charge >= 0.3 is 0 Å². The van der Waals surface area contributed by atoms with Gasteiger partial charge in [0.15, 0.2) is 0 Å². The summed E-state index contributed by atoms with van der Waals surface area (Å²) < 4.78 is 1.08. The predicted molar refractivity (Wildman–Crippen MR) is 67.0 cm³/mol. The minimum absolute atomic E-state index is 0.0792. The number of halogens is 1. The molecular weight excluding hydrogens is 254 g/mol. The van der Waals surface area contributed by atoms with Crippen LogP contribution in [-0.4, -0.2) is 17.7 Å². The molecule has 2 atom stereocenters. The monoisotopic (exact) mass is 271 g/mol. The largest absolute Gasteiger partial charge is 0.387 e. The number of aliphatic hydroxyl groups excluding tert-OH is 1. The van der Waals surface area contributed by atoms with Crippen molar-refractivity contribution in [2.45, 2.75) is 32.9 Å². The molecule has 1 rings (SSSR count). The zero-order chi connectivity index (χ0) is 11.4. The van der Waals surface area contributed by atoms with Gasteiger partial charge in [-0.2, -0.15) is 0 Å². The summed E-state index contributed by atoms with van der Waals surface area (Å²) in [6.07, 6.45) is -0.447. The van der Waals surface area contributed by atoms with E-state index >= 15 is 0 Å². The lowest BCUT2D eigenvalue weighted by molar-refractivity contribution is 0.137. The molecule has 0 saturated carbocycles. The molecule has 1 aromatic carbocycles. The van der Waals surface area contributed by atoms with Crippen molar-refractivity contribution in [3.63, 3.8) is 0 Å². The molecule has 0 aromatic heterocycles. The molecule has 15 heavy (non-hydrogen) atoms. The first kappa shape index (κ1) is 12.7. The summed E-state index contributed by atoms with van der Waals surface area (Å²) in [4.78, 5) is 0. The zero-order valence-electron chi connectivity index (χ0n) is 9.42. The highest BCUT2D eigenvalue weighted by molar-refractivity contribution is 9.10. The van der Waals surface area contributed by atoms with Crippen LogP contribution in [0.5, 0.6) is 0 Å². The van der Waals surface area contributed by atoms with E-state index in [1.165, 1.54) is 0 Å². The lowest BCUT2D eigenvalue weighted by Crippen LogP contribution is -2.31. The van der Waals surface area contributed by atoms with Crippen molar-refractivity contribution in [2.75, 3.05) is 6.54 Å². The number of rotatable bonds is 4. The maximum atomic E-state index is 10.1. The second-order valence-electron chi connectivity index (χ2n) is 3.80. The van der Waals surface area contributed by atoms with Gasteiger partial charge in [-0.25, -0.2) is 0 Å². The molecule has 0 heterocycles. The maximum absolute atomic E-state index is 10.1. The van der Waals surface area contributed by atoms with Crippen LogP contribution in [0.25, 0.3) is 0 Å². The highest BCUT2D eigenvalue weighted by atomic mass is 79.9. The van der Waals surface area contributed by atoms with E-state index < -0.39 is 6.10 Å². The summed E-state index contributed by atoms with van der Waals surface area (Å²) in [6.45, 7) is 6.92. The first-order chi connectivity index (χ1) is 7.06. The predicted octanol–water partition coefficient (Wildman–Crippen LogP) is 2.79. The molecule has 2 nitrogen and oxygen atoms in total. The number of hydrogen-bond acceptors (Lipinski definition) is 2. The quantitative estimate of drug-likeness (QED) is 0.883. The van der Waals surface area contributed by atoms with Crippen LogP contribution in [0.3, 0.4) is 0 Å². The van der Waals surface area contributed by atoms with E-state index in [1.54, 1.807) is 0 Å². The van der Waals surface area contributed by atoms with E-state index in [4.69, 9.17) is 0 Å². The third kappa shape index (κ3) is 3.30. The number of likely N-dealkylation sites (N-methyl/N-ethyl adjacent to an activating group) is 1. The highest BCUT2D eigenvalue weighted by Crippen LogP contribution is 2.23. The van der Waals surface area contributed by atoms with Gasteiger partial charge in [-0.05, 0) is 37.6 Å². The van der Waals surface area contributed by atoms with Crippen molar-refractivity contribution in [1.29, 1.82) is 0 Å². The van der Waals surface area contributed by atoms with E-state index in [-0.39, 0.29) is 6.04 Å². The van der Waals surface area contributed by atoms with Crippen molar-refractivity contribution < 1.29 is 5.11 Å². The highest BCUT2D eigenvalue weighted by Gasteiger charge is 2.15. The summed E-state index contributed by atoms with van der Waals surface area (Å²) in [5.74, 6) is 0. The van der Waals surface area contributed by atoms with Gasteiger partial charge in [0.1, 0.15) is 0 Å². The Morgan fingerprint density at radius 1 is 1.47 bits per heavy atom. The molecule has 0 fully saturated rings. The molecule has 0 aliphatic carbocycles. The minimum atomic E-state index is -0.447. The van der Waals surface area contributed by atoms with Gasteiger partial charge in [0.25, 0.3) is 0 Å². The second-order valence-corrected chi connectivity index (χ2v) is 4.65. The van der Waals surface area contributed by atoms with Crippen LogP contribution in [0.1, 0.15) is 31.1 Å². The van der Waals surface area contributed by atoms with Gasteiger partial charge < -0.3 is 10.4 Å². The standard InChI is InChI=1S/C12H18BrNO/c1-4-14-9(3)12(15)10-5-6-11(13)8(2)7-10/h5-7,9,12,14-15H,4H2,1-3H3. The molecule has 0 aliphatic rings. The molecule has 3 heteroatoms. The number of aliphatic hydroxyl groups is 1. The van der Waals surface area contributed by atoms with Gasteiger partial charge in [-0.15, -0.1) is 0 Å². The normalized spacial score (nSPS) is 15.0. The lowest BCUT2D eigenvalue weighted by Gasteiger charge is -2.20. The van der Waals surface area contributed by atoms with E-state index in [2.05, 4.69) is 21.2 Å². The molecule has 1 aromatic rings. The van der Waals surface area contributed by atoms with Crippen LogP contribution < -0.4 is 5.32 Å². The van der Waals surface area contributed by atoms with E-state index in [0.29, 0.717) is 0 Å². The van der Waals surface area contributed by atoms with Crippen molar-refractivity contribution in [3.05, 3.63) is 33.8 Å². The Labute approximate surface area is 99.8 Å². The summed E-state index contributed by atoms with van der Waals surface area (Å²) in [6, 6.07) is 6.03. The van der Waals surface area contributed by atoms with Crippen LogP contribution >= 0.6 is 15.9 Å². The fourth-order valence-electron chi connectivity index (χ4n) is 1.57. The molecule has 0 radical (unpaired) electrons. The molecule has 0 aliphatic heterocycles. The number of aryl methyl sites for hydroxylation is 1. The fourth-order valence-corrected chi connectivity index (χ4v) is 1.82. The molecule has 84 valence electrons. The molecule has 2 unspecified atom stereocenters. The first-order valence-corrected chi connectivity index (χ1v) is 6.03. The molecule has 0 spiro atoms. The summed E-state index contributed by atoms with van der Waals surface area (Å²) >= 11 is 3.45. The first-order valence-electron chi connectivity index (χ1n) is 5.23. The molecule has 2 N–H and O–H groups in total. The summed E-state index contributed by atoms with van der Waals surface area (Å²) in [5.41, 5.74) is 2.11. The Balaban J connectivity index is 2.81. The third-order valence-corrected chi connectivity index (χ3v) is 3.41.